The summed E-state index contributed by atoms with van der Waals surface area (Å²) in [6.45, 7) is 6.39. The Bertz CT molecular complexity index is 531. The van der Waals surface area contributed by atoms with E-state index >= 15 is 0 Å². The smallest absolute Gasteiger partial charge is 0.108 e. The third-order valence-electron chi connectivity index (χ3n) is 3.71. The second-order valence-corrected chi connectivity index (χ2v) is 5.41. The summed E-state index contributed by atoms with van der Waals surface area (Å²) in [6, 6.07) is 19.1. The van der Waals surface area contributed by atoms with Gasteiger partial charge in [-0.25, -0.2) is 0 Å². The second kappa shape index (κ2) is 6.21. The van der Waals surface area contributed by atoms with Crippen LogP contribution in [0.25, 0.3) is 0 Å². The zero-order chi connectivity index (χ0) is 13.8. The van der Waals surface area contributed by atoms with E-state index in [1.807, 2.05) is 6.07 Å². The summed E-state index contributed by atoms with van der Waals surface area (Å²) in [4.78, 5) is 2.39. The molecule has 104 valence electrons. The van der Waals surface area contributed by atoms with Gasteiger partial charge in [-0.1, -0.05) is 60.2 Å². The topological polar surface area (TPSA) is 12.2 Å². The van der Waals surface area contributed by atoms with Crippen molar-refractivity contribution in [1.29, 1.82) is 0 Å². The molecule has 1 aliphatic rings. The van der Waals surface area contributed by atoms with Crippen LogP contribution in [0.1, 0.15) is 22.8 Å². The summed E-state index contributed by atoms with van der Waals surface area (Å²) >= 11 is 0. The van der Waals surface area contributed by atoms with Crippen molar-refractivity contribution in [1.82, 2.24) is 4.90 Å². The van der Waals surface area contributed by atoms with E-state index in [-0.39, 0.29) is 6.10 Å². The van der Waals surface area contributed by atoms with Gasteiger partial charge in [0.25, 0.3) is 0 Å². The number of rotatable bonds is 6. The minimum absolute atomic E-state index is 0.0387. The van der Waals surface area contributed by atoms with Crippen molar-refractivity contribution in [2.75, 3.05) is 26.2 Å². The Kier molecular flexibility index (Phi) is 4.14. The fourth-order valence-electron chi connectivity index (χ4n) is 2.35. The number of benzene rings is 2. The second-order valence-electron chi connectivity index (χ2n) is 5.41. The van der Waals surface area contributed by atoms with Crippen LogP contribution in [0.5, 0.6) is 0 Å². The third-order valence-corrected chi connectivity index (χ3v) is 3.71. The largest absolute Gasteiger partial charge is 0.367 e. The van der Waals surface area contributed by atoms with Crippen molar-refractivity contribution in [3.05, 3.63) is 71.3 Å². The molecule has 2 heteroatoms. The van der Waals surface area contributed by atoms with E-state index < -0.39 is 0 Å². The maximum absolute atomic E-state index is 6.16. The molecule has 0 saturated carbocycles. The predicted octanol–water partition coefficient (Wildman–Crippen LogP) is 3.42. The third kappa shape index (κ3) is 3.47. The maximum Gasteiger partial charge on any atom is 0.108 e. The molecule has 20 heavy (non-hydrogen) atoms. The van der Waals surface area contributed by atoms with Gasteiger partial charge >= 0.3 is 0 Å². The molecule has 1 saturated heterocycles. The molecule has 1 atom stereocenters. The van der Waals surface area contributed by atoms with Crippen LogP contribution >= 0.6 is 0 Å². The van der Waals surface area contributed by atoms with Crippen molar-refractivity contribution in [3.8, 4) is 0 Å². The van der Waals surface area contributed by atoms with Crippen LogP contribution in [-0.4, -0.2) is 31.1 Å². The average molecular weight is 267 g/mol. The molecule has 1 aliphatic heterocycles. The van der Waals surface area contributed by atoms with Gasteiger partial charge in [0.1, 0.15) is 6.10 Å². The molecule has 3 rings (SSSR count). The first-order valence-electron chi connectivity index (χ1n) is 7.28. The summed E-state index contributed by atoms with van der Waals surface area (Å²) in [5.41, 5.74) is 3.74. The van der Waals surface area contributed by atoms with E-state index in [9.17, 15) is 0 Å². The van der Waals surface area contributed by atoms with Crippen molar-refractivity contribution < 1.29 is 4.74 Å². The lowest BCUT2D eigenvalue weighted by Crippen LogP contribution is -2.13. The van der Waals surface area contributed by atoms with Crippen molar-refractivity contribution >= 4 is 0 Å². The summed E-state index contributed by atoms with van der Waals surface area (Å²) in [7, 11) is 0. The molecule has 2 aromatic rings. The monoisotopic (exact) mass is 267 g/mol. The molecule has 1 fully saturated rings. The first-order chi connectivity index (χ1) is 9.83. The molecule has 0 aromatic heterocycles. The zero-order valence-corrected chi connectivity index (χ0v) is 12.0. The molecule has 1 heterocycles. The van der Waals surface area contributed by atoms with Crippen LogP contribution in [0.2, 0.25) is 0 Å². The summed E-state index contributed by atoms with van der Waals surface area (Å²) in [5, 5.41) is 0. The quantitative estimate of drug-likeness (QED) is 0.743. The molecule has 0 bridgehead atoms. The maximum atomic E-state index is 6.16. The Morgan fingerprint density at radius 3 is 2.25 bits per heavy atom. The van der Waals surface area contributed by atoms with Gasteiger partial charge in [0, 0.05) is 19.6 Å². The lowest BCUT2D eigenvalue weighted by molar-refractivity contribution is 0.0752. The van der Waals surface area contributed by atoms with Gasteiger partial charge in [0.05, 0.1) is 6.61 Å². The number of aryl methyl sites for hydroxylation is 1. The molecule has 2 aromatic carbocycles. The normalized spacial score (nSPS) is 16.1. The Hall–Kier alpha value is -1.64. The average Bonchev–Trinajstić information content (AvgIpc) is 3.30. The lowest BCUT2D eigenvalue weighted by Gasteiger charge is -2.19. The van der Waals surface area contributed by atoms with Crippen LogP contribution in [0.4, 0.5) is 0 Å². The minimum Gasteiger partial charge on any atom is -0.367 e. The first kappa shape index (κ1) is 13.3. The van der Waals surface area contributed by atoms with Crippen LogP contribution in [0, 0.1) is 6.92 Å². The Balaban J connectivity index is 1.76. The number of ether oxygens (including phenoxy) is 1. The highest BCUT2D eigenvalue weighted by Crippen LogP contribution is 2.26. The highest BCUT2D eigenvalue weighted by atomic mass is 16.5. The van der Waals surface area contributed by atoms with Gasteiger partial charge in [0.15, 0.2) is 0 Å². The van der Waals surface area contributed by atoms with Crippen molar-refractivity contribution in [2.24, 2.45) is 0 Å². The lowest BCUT2D eigenvalue weighted by atomic mass is 10.0. The van der Waals surface area contributed by atoms with Crippen molar-refractivity contribution in [2.45, 2.75) is 13.0 Å². The highest BCUT2D eigenvalue weighted by molar-refractivity contribution is 5.31. The van der Waals surface area contributed by atoms with Gasteiger partial charge < -0.3 is 4.74 Å². The van der Waals surface area contributed by atoms with Gasteiger partial charge in [-0.2, -0.15) is 0 Å². The molecule has 0 amide bonds. The molecular weight excluding hydrogens is 246 g/mol. The van der Waals surface area contributed by atoms with E-state index in [0.29, 0.717) is 0 Å². The van der Waals surface area contributed by atoms with E-state index in [1.54, 1.807) is 0 Å². The van der Waals surface area contributed by atoms with E-state index in [1.165, 1.54) is 29.8 Å². The molecule has 0 aliphatic carbocycles. The number of hydrogen-bond donors (Lipinski definition) is 0. The summed E-state index contributed by atoms with van der Waals surface area (Å²) in [5.74, 6) is 0. The van der Waals surface area contributed by atoms with E-state index in [2.05, 4.69) is 60.4 Å². The molecule has 2 nitrogen and oxygen atoms in total. The SMILES string of the molecule is Cc1ccc(C(OCCN2CC2)c2ccccc2)cc1. The van der Waals surface area contributed by atoms with Gasteiger partial charge in [-0.15, -0.1) is 0 Å². The molecule has 0 radical (unpaired) electrons. The molecule has 0 spiro atoms. The molecule has 1 unspecified atom stereocenters. The summed E-state index contributed by atoms with van der Waals surface area (Å²) < 4.78 is 6.16. The fourth-order valence-corrected chi connectivity index (χ4v) is 2.35. The van der Waals surface area contributed by atoms with E-state index in [4.69, 9.17) is 4.74 Å². The van der Waals surface area contributed by atoms with Crippen LogP contribution in [0.15, 0.2) is 54.6 Å². The zero-order valence-electron chi connectivity index (χ0n) is 12.0. The van der Waals surface area contributed by atoms with Crippen LogP contribution in [0.3, 0.4) is 0 Å². The molecular formula is C18H21NO. The fraction of sp³-hybridized carbons (Fsp3) is 0.333. The minimum atomic E-state index is 0.0387. The first-order valence-corrected chi connectivity index (χ1v) is 7.28. The van der Waals surface area contributed by atoms with Crippen molar-refractivity contribution in [3.63, 3.8) is 0 Å². The Labute approximate surface area is 121 Å². The highest BCUT2D eigenvalue weighted by Gasteiger charge is 2.19. The Morgan fingerprint density at radius 1 is 0.950 bits per heavy atom. The van der Waals surface area contributed by atoms with E-state index in [0.717, 1.165) is 13.2 Å². The van der Waals surface area contributed by atoms with Crippen LogP contribution < -0.4 is 0 Å². The van der Waals surface area contributed by atoms with Gasteiger partial charge in [-0.05, 0) is 18.1 Å². The predicted molar refractivity (Wildman–Crippen MR) is 81.9 cm³/mol. The van der Waals surface area contributed by atoms with Crippen LogP contribution in [-0.2, 0) is 4.74 Å². The number of nitrogens with zero attached hydrogens (tertiary/aromatic N) is 1. The standard InChI is InChI=1S/C18H21NO/c1-15-7-9-17(10-8-15)18(16-5-3-2-4-6-16)20-14-13-19-11-12-19/h2-10,18H,11-14H2,1H3. The number of hydrogen-bond acceptors (Lipinski definition) is 2. The Morgan fingerprint density at radius 2 is 1.60 bits per heavy atom. The summed E-state index contributed by atoms with van der Waals surface area (Å²) in [6.07, 6.45) is 0.0387. The molecule has 0 N–H and O–H groups in total. The van der Waals surface area contributed by atoms with Gasteiger partial charge in [0.2, 0.25) is 0 Å². The van der Waals surface area contributed by atoms with Gasteiger partial charge in [-0.3, -0.25) is 4.90 Å².